The zero-order valence-corrected chi connectivity index (χ0v) is 12.5. The van der Waals surface area contributed by atoms with E-state index in [1.165, 1.54) is 5.69 Å². The van der Waals surface area contributed by atoms with Gasteiger partial charge in [0.15, 0.2) is 0 Å². The van der Waals surface area contributed by atoms with Crippen LogP contribution >= 0.6 is 0 Å². The molecule has 4 heteroatoms. The highest BCUT2D eigenvalue weighted by molar-refractivity contribution is 5.87. The lowest BCUT2D eigenvalue weighted by molar-refractivity contribution is 0.0697. The van der Waals surface area contributed by atoms with E-state index in [4.69, 9.17) is 5.11 Å². The third-order valence-corrected chi connectivity index (χ3v) is 3.34. The van der Waals surface area contributed by atoms with Crippen molar-refractivity contribution in [3.8, 4) is 0 Å². The van der Waals surface area contributed by atoms with Gasteiger partial charge in [-0.1, -0.05) is 26.0 Å². The van der Waals surface area contributed by atoms with Crippen molar-refractivity contribution in [2.75, 3.05) is 6.54 Å². The third kappa shape index (κ3) is 4.46. The first-order valence-electron chi connectivity index (χ1n) is 7.23. The summed E-state index contributed by atoms with van der Waals surface area (Å²) in [7, 11) is 0. The van der Waals surface area contributed by atoms with Crippen molar-refractivity contribution >= 4 is 5.97 Å². The van der Waals surface area contributed by atoms with Crippen LogP contribution in [0.15, 0.2) is 42.6 Å². The molecular formula is C17H22N2O2. The molecule has 21 heavy (non-hydrogen) atoms. The number of nitrogens with one attached hydrogen (secondary N) is 1. The highest BCUT2D eigenvalue weighted by Crippen LogP contribution is 2.10. The van der Waals surface area contributed by atoms with Crippen LogP contribution in [0.5, 0.6) is 0 Å². The molecule has 2 N–H and O–H groups in total. The van der Waals surface area contributed by atoms with Gasteiger partial charge in [0, 0.05) is 25.0 Å². The van der Waals surface area contributed by atoms with Gasteiger partial charge >= 0.3 is 5.97 Å². The Kier molecular flexibility index (Phi) is 5.17. The number of hydrogen-bond donors (Lipinski definition) is 2. The molecular weight excluding hydrogens is 264 g/mol. The molecule has 0 radical (unpaired) electrons. The van der Waals surface area contributed by atoms with Gasteiger partial charge in [0.05, 0.1) is 5.56 Å². The zero-order chi connectivity index (χ0) is 15.2. The molecule has 2 rings (SSSR count). The number of carboxylic acids is 1. The van der Waals surface area contributed by atoms with Gasteiger partial charge < -0.3 is 15.0 Å². The van der Waals surface area contributed by atoms with Crippen molar-refractivity contribution in [2.45, 2.75) is 26.9 Å². The Balaban J connectivity index is 1.99. The quantitative estimate of drug-likeness (QED) is 0.822. The maximum Gasteiger partial charge on any atom is 0.335 e. The number of rotatable bonds is 7. The Bertz CT molecular complexity index is 585. The van der Waals surface area contributed by atoms with E-state index in [1.54, 1.807) is 12.1 Å². The Hall–Kier alpha value is -2.07. The fourth-order valence-electron chi connectivity index (χ4n) is 2.20. The van der Waals surface area contributed by atoms with Crippen LogP contribution in [-0.2, 0) is 13.1 Å². The topological polar surface area (TPSA) is 54.3 Å². The maximum absolute atomic E-state index is 10.8. The van der Waals surface area contributed by atoms with Gasteiger partial charge in [-0.05, 0) is 42.3 Å². The number of carbonyl (C=O) groups is 1. The summed E-state index contributed by atoms with van der Waals surface area (Å²) in [5, 5.41) is 12.3. The van der Waals surface area contributed by atoms with E-state index in [-0.39, 0.29) is 0 Å². The Morgan fingerprint density at radius 2 is 1.95 bits per heavy atom. The van der Waals surface area contributed by atoms with Crippen LogP contribution in [-0.4, -0.2) is 22.2 Å². The lowest BCUT2D eigenvalue weighted by Crippen LogP contribution is -2.20. The van der Waals surface area contributed by atoms with Crippen molar-refractivity contribution in [3.05, 3.63) is 59.4 Å². The van der Waals surface area contributed by atoms with E-state index in [0.717, 1.165) is 25.2 Å². The Morgan fingerprint density at radius 3 is 2.57 bits per heavy atom. The summed E-state index contributed by atoms with van der Waals surface area (Å²) < 4.78 is 2.18. The van der Waals surface area contributed by atoms with E-state index in [0.29, 0.717) is 11.5 Å². The standard InChI is InChI=1S/C17H22N2O2/c1-13(2)10-18-11-16-4-3-9-19(16)12-14-5-7-15(8-6-14)17(20)21/h3-9,13,18H,10-12H2,1-2H3,(H,20,21). The first-order valence-corrected chi connectivity index (χ1v) is 7.23. The number of hydrogen-bond acceptors (Lipinski definition) is 2. The van der Waals surface area contributed by atoms with E-state index < -0.39 is 5.97 Å². The zero-order valence-electron chi connectivity index (χ0n) is 12.5. The molecule has 0 atom stereocenters. The van der Waals surface area contributed by atoms with Gasteiger partial charge in [0.1, 0.15) is 0 Å². The van der Waals surface area contributed by atoms with Crippen molar-refractivity contribution < 1.29 is 9.90 Å². The minimum Gasteiger partial charge on any atom is -0.478 e. The molecule has 0 aliphatic carbocycles. The predicted molar refractivity (Wildman–Crippen MR) is 83.5 cm³/mol. The molecule has 0 bridgehead atoms. The smallest absolute Gasteiger partial charge is 0.335 e. The number of carboxylic acid groups (broad SMARTS) is 1. The van der Waals surface area contributed by atoms with Crippen LogP contribution in [0.25, 0.3) is 0 Å². The lowest BCUT2D eigenvalue weighted by Gasteiger charge is -2.12. The molecule has 1 heterocycles. The summed E-state index contributed by atoms with van der Waals surface area (Å²) in [5.41, 5.74) is 2.66. The molecule has 0 unspecified atom stereocenters. The van der Waals surface area contributed by atoms with Crippen LogP contribution in [0.4, 0.5) is 0 Å². The SMILES string of the molecule is CC(C)CNCc1cccn1Cc1ccc(C(=O)O)cc1. The first kappa shape index (κ1) is 15.3. The van der Waals surface area contributed by atoms with Crippen molar-refractivity contribution in [3.63, 3.8) is 0 Å². The average molecular weight is 286 g/mol. The molecule has 0 fully saturated rings. The molecule has 112 valence electrons. The van der Waals surface area contributed by atoms with E-state index in [1.807, 2.05) is 18.2 Å². The molecule has 0 aliphatic heterocycles. The highest BCUT2D eigenvalue weighted by atomic mass is 16.4. The monoisotopic (exact) mass is 286 g/mol. The van der Waals surface area contributed by atoms with Crippen LogP contribution in [0.1, 0.15) is 35.5 Å². The molecule has 0 amide bonds. The van der Waals surface area contributed by atoms with Gasteiger partial charge in [-0.3, -0.25) is 0 Å². The predicted octanol–water partition coefficient (Wildman–Crippen LogP) is 2.98. The number of aromatic carboxylic acids is 1. The first-order chi connectivity index (χ1) is 10.1. The maximum atomic E-state index is 10.8. The summed E-state index contributed by atoms with van der Waals surface area (Å²) in [4.78, 5) is 10.8. The summed E-state index contributed by atoms with van der Waals surface area (Å²) in [6.07, 6.45) is 2.05. The van der Waals surface area contributed by atoms with E-state index >= 15 is 0 Å². The van der Waals surface area contributed by atoms with Crippen LogP contribution in [0, 0.1) is 5.92 Å². The van der Waals surface area contributed by atoms with Crippen molar-refractivity contribution in [1.82, 2.24) is 9.88 Å². The fourth-order valence-corrected chi connectivity index (χ4v) is 2.20. The van der Waals surface area contributed by atoms with Crippen LogP contribution < -0.4 is 5.32 Å². The average Bonchev–Trinajstić information content (AvgIpc) is 2.86. The molecule has 0 saturated carbocycles. The highest BCUT2D eigenvalue weighted by Gasteiger charge is 2.05. The number of aromatic nitrogens is 1. The van der Waals surface area contributed by atoms with Gasteiger partial charge in [-0.25, -0.2) is 4.79 Å². The minimum atomic E-state index is -0.888. The van der Waals surface area contributed by atoms with Crippen LogP contribution in [0.3, 0.4) is 0 Å². The second-order valence-corrected chi connectivity index (χ2v) is 5.65. The fraction of sp³-hybridized carbons (Fsp3) is 0.353. The van der Waals surface area contributed by atoms with Gasteiger partial charge in [-0.2, -0.15) is 0 Å². The second kappa shape index (κ2) is 7.09. The van der Waals surface area contributed by atoms with Gasteiger partial charge in [0.2, 0.25) is 0 Å². The molecule has 0 saturated heterocycles. The lowest BCUT2D eigenvalue weighted by atomic mass is 10.1. The Labute approximate surface area is 125 Å². The van der Waals surface area contributed by atoms with Crippen molar-refractivity contribution in [2.24, 2.45) is 5.92 Å². The van der Waals surface area contributed by atoms with E-state index in [2.05, 4.69) is 36.0 Å². The summed E-state index contributed by atoms with van der Waals surface area (Å²) in [5.74, 6) is -0.252. The minimum absolute atomic E-state index is 0.324. The Morgan fingerprint density at radius 1 is 1.24 bits per heavy atom. The second-order valence-electron chi connectivity index (χ2n) is 5.65. The molecule has 2 aromatic rings. The van der Waals surface area contributed by atoms with Crippen LogP contribution in [0.2, 0.25) is 0 Å². The number of benzene rings is 1. The van der Waals surface area contributed by atoms with E-state index in [9.17, 15) is 4.79 Å². The molecule has 1 aromatic heterocycles. The normalized spacial score (nSPS) is 11.0. The molecule has 1 aromatic carbocycles. The summed E-state index contributed by atoms with van der Waals surface area (Å²) in [6.45, 7) is 6.98. The van der Waals surface area contributed by atoms with Gasteiger partial charge in [-0.15, -0.1) is 0 Å². The largest absolute Gasteiger partial charge is 0.478 e. The molecule has 4 nitrogen and oxygen atoms in total. The van der Waals surface area contributed by atoms with Crippen molar-refractivity contribution in [1.29, 1.82) is 0 Å². The summed E-state index contributed by atoms with van der Waals surface area (Å²) in [6, 6.07) is 11.2. The number of nitrogens with zero attached hydrogens (tertiary/aromatic N) is 1. The van der Waals surface area contributed by atoms with Gasteiger partial charge in [0.25, 0.3) is 0 Å². The molecule has 0 aliphatic rings. The third-order valence-electron chi connectivity index (χ3n) is 3.34. The summed E-state index contributed by atoms with van der Waals surface area (Å²) >= 11 is 0. The molecule has 0 spiro atoms.